The molecule has 4 nitrogen and oxygen atoms in total. The van der Waals surface area contributed by atoms with E-state index in [0.717, 1.165) is 77.3 Å². The van der Waals surface area contributed by atoms with Gasteiger partial charge in [0.1, 0.15) is 11.9 Å². The Hall–Kier alpha value is -1.16. The number of hydrogen-bond donors (Lipinski definition) is 0. The quantitative estimate of drug-likeness (QED) is 0.0434. The highest BCUT2D eigenvalue weighted by Gasteiger charge is 2.26. The number of ether oxygens (including phenoxy) is 1. The van der Waals surface area contributed by atoms with Gasteiger partial charge in [-0.25, -0.2) is 0 Å². The van der Waals surface area contributed by atoms with Crippen LogP contribution in [0.25, 0.3) is 0 Å². The summed E-state index contributed by atoms with van der Waals surface area (Å²) in [5.41, 5.74) is 0. The second-order valence-electron chi connectivity index (χ2n) is 14.5. The van der Waals surface area contributed by atoms with Crippen molar-refractivity contribution in [3.05, 3.63) is 12.2 Å². The first kappa shape index (κ1) is 41.9. The number of rotatable bonds is 31. The highest BCUT2D eigenvalue weighted by atomic mass is 16.5. The smallest absolute Gasteiger partial charge is 0.309 e. The predicted molar refractivity (Wildman–Crippen MR) is 195 cm³/mol. The van der Waals surface area contributed by atoms with Gasteiger partial charge in [0, 0.05) is 12.8 Å². The minimum Gasteiger partial charge on any atom is -0.462 e. The molecule has 1 aliphatic heterocycles. The molecule has 264 valence electrons. The lowest BCUT2D eigenvalue weighted by Crippen LogP contribution is -2.35. The number of unbranched alkanes of at least 4 members (excludes halogenated alkanes) is 16. The molecule has 45 heavy (non-hydrogen) atoms. The van der Waals surface area contributed by atoms with E-state index in [2.05, 4.69) is 44.9 Å². The molecule has 0 aliphatic carbocycles. The highest BCUT2D eigenvalue weighted by Crippen LogP contribution is 2.23. The largest absolute Gasteiger partial charge is 0.462 e. The van der Waals surface area contributed by atoms with Crippen LogP contribution in [0.4, 0.5) is 0 Å². The molecule has 0 amide bonds. The summed E-state index contributed by atoms with van der Waals surface area (Å²) in [4.78, 5) is 27.9. The first-order chi connectivity index (χ1) is 22.0. The van der Waals surface area contributed by atoms with Crippen LogP contribution in [-0.4, -0.2) is 42.9 Å². The summed E-state index contributed by atoms with van der Waals surface area (Å²) in [5, 5.41) is 0. The van der Waals surface area contributed by atoms with Gasteiger partial charge in [-0.15, -0.1) is 0 Å². The third-order valence-corrected chi connectivity index (χ3v) is 10.1. The average Bonchev–Trinajstić information content (AvgIpc) is 3.04. The fraction of sp³-hybridized carbons (Fsp3) is 0.902. The molecule has 4 heteroatoms. The minimum atomic E-state index is 0.0667. The van der Waals surface area contributed by atoms with Crippen LogP contribution < -0.4 is 0 Å². The maximum absolute atomic E-state index is 13.0. The standard InChI is InChI=1S/C41H77NO3/c1-5-8-11-13-14-15-20-24-29-40(45-41(44)38-33-35-42(4)36-34-38)30-25-21-17-16-19-23-28-39(43)32-31-37(26-10-7-3)27-22-18-12-9-6-2/h22,27,37-38,40H,5-21,23-26,28-36H2,1-4H3/b27-22-. The number of esters is 1. The van der Waals surface area contributed by atoms with Gasteiger partial charge in [0.15, 0.2) is 0 Å². The molecule has 0 spiro atoms. The van der Waals surface area contributed by atoms with Crippen molar-refractivity contribution < 1.29 is 14.3 Å². The monoisotopic (exact) mass is 632 g/mol. The van der Waals surface area contributed by atoms with E-state index in [4.69, 9.17) is 4.74 Å². The van der Waals surface area contributed by atoms with E-state index in [1.54, 1.807) is 0 Å². The van der Waals surface area contributed by atoms with Crippen LogP contribution in [0.15, 0.2) is 12.2 Å². The van der Waals surface area contributed by atoms with Crippen LogP contribution >= 0.6 is 0 Å². The van der Waals surface area contributed by atoms with E-state index < -0.39 is 0 Å². The molecule has 0 aromatic heterocycles. The number of hydrogen-bond acceptors (Lipinski definition) is 4. The van der Waals surface area contributed by atoms with Crippen molar-refractivity contribution in [2.24, 2.45) is 11.8 Å². The first-order valence-corrected chi connectivity index (χ1v) is 20.1. The van der Waals surface area contributed by atoms with E-state index >= 15 is 0 Å². The zero-order chi connectivity index (χ0) is 32.8. The molecule has 0 aromatic carbocycles. The summed E-state index contributed by atoms with van der Waals surface area (Å²) in [6, 6.07) is 0. The Morgan fingerprint density at radius 3 is 1.78 bits per heavy atom. The molecule has 1 aliphatic rings. The van der Waals surface area contributed by atoms with Gasteiger partial charge in [0.05, 0.1) is 5.92 Å². The zero-order valence-corrected chi connectivity index (χ0v) is 30.8. The molecule has 0 radical (unpaired) electrons. The Bertz CT molecular complexity index is 712. The number of ketones is 1. The van der Waals surface area contributed by atoms with Crippen LogP contribution in [-0.2, 0) is 14.3 Å². The van der Waals surface area contributed by atoms with Crippen molar-refractivity contribution in [3.8, 4) is 0 Å². The number of allylic oxidation sites excluding steroid dienone is 2. The van der Waals surface area contributed by atoms with Crippen LogP contribution in [0, 0.1) is 11.8 Å². The molecular formula is C41H77NO3. The molecule has 2 atom stereocenters. The van der Waals surface area contributed by atoms with E-state index in [1.807, 2.05) is 0 Å². The molecule has 2 unspecified atom stereocenters. The lowest BCUT2D eigenvalue weighted by molar-refractivity contribution is -0.156. The van der Waals surface area contributed by atoms with Gasteiger partial charge in [-0.3, -0.25) is 9.59 Å². The van der Waals surface area contributed by atoms with Crippen molar-refractivity contribution in [2.75, 3.05) is 20.1 Å². The number of likely N-dealkylation sites (tertiary alicyclic amines) is 1. The number of piperidine rings is 1. The summed E-state index contributed by atoms with van der Waals surface area (Å²) in [7, 11) is 2.14. The van der Waals surface area contributed by atoms with Crippen LogP contribution in [0.1, 0.15) is 201 Å². The van der Waals surface area contributed by atoms with E-state index in [0.29, 0.717) is 11.7 Å². The lowest BCUT2D eigenvalue weighted by Gasteiger charge is -2.29. The second-order valence-corrected chi connectivity index (χ2v) is 14.5. The molecule has 1 fully saturated rings. The summed E-state index contributed by atoms with van der Waals surface area (Å²) in [5.74, 6) is 1.21. The van der Waals surface area contributed by atoms with Crippen molar-refractivity contribution in [2.45, 2.75) is 207 Å². The summed E-state index contributed by atoms with van der Waals surface area (Å²) in [6.07, 6.45) is 37.7. The summed E-state index contributed by atoms with van der Waals surface area (Å²) in [6.45, 7) is 8.80. The van der Waals surface area contributed by atoms with Crippen molar-refractivity contribution in [3.63, 3.8) is 0 Å². The molecule has 1 rings (SSSR count). The maximum Gasteiger partial charge on any atom is 0.309 e. The number of nitrogens with zero attached hydrogens (tertiary/aromatic N) is 1. The molecule has 0 aromatic rings. The fourth-order valence-corrected chi connectivity index (χ4v) is 6.75. The molecular weight excluding hydrogens is 554 g/mol. The molecule has 0 saturated carbocycles. The van der Waals surface area contributed by atoms with Crippen LogP contribution in [0.5, 0.6) is 0 Å². The maximum atomic E-state index is 13.0. The summed E-state index contributed by atoms with van der Waals surface area (Å²) < 4.78 is 6.16. The van der Waals surface area contributed by atoms with Crippen LogP contribution in [0.3, 0.4) is 0 Å². The number of Topliss-reactive ketones (excluding diaryl/α,β-unsaturated/α-hetero) is 1. The first-order valence-electron chi connectivity index (χ1n) is 20.1. The van der Waals surface area contributed by atoms with Gasteiger partial charge >= 0.3 is 5.97 Å². The fourth-order valence-electron chi connectivity index (χ4n) is 6.75. The van der Waals surface area contributed by atoms with Gasteiger partial charge in [0.2, 0.25) is 0 Å². The third-order valence-electron chi connectivity index (χ3n) is 10.1. The summed E-state index contributed by atoms with van der Waals surface area (Å²) >= 11 is 0. The normalized spacial score (nSPS) is 15.9. The number of carbonyl (C=O) groups is 2. The molecule has 1 saturated heterocycles. The van der Waals surface area contributed by atoms with E-state index in [9.17, 15) is 9.59 Å². The van der Waals surface area contributed by atoms with Gasteiger partial charge in [-0.2, -0.15) is 0 Å². The Morgan fingerprint density at radius 1 is 0.644 bits per heavy atom. The van der Waals surface area contributed by atoms with Gasteiger partial charge in [-0.05, 0) is 96.7 Å². The van der Waals surface area contributed by atoms with Crippen molar-refractivity contribution >= 4 is 11.8 Å². The predicted octanol–water partition coefficient (Wildman–Crippen LogP) is 12.2. The Labute approximate surface area is 281 Å². The number of carbonyl (C=O) groups excluding carboxylic acids is 2. The Kier molecular flexibility index (Phi) is 28.1. The minimum absolute atomic E-state index is 0.0667. The van der Waals surface area contributed by atoms with E-state index in [-0.39, 0.29) is 18.0 Å². The topological polar surface area (TPSA) is 46.6 Å². The Morgan fingerprint density at radius 2 is 1.18 bits per heavy atom. The SMILES string of the molecule is CCCCC/C=C\C(CCCC)CCC(=O)CCCCCCCCC(CCCCCCCCCC)OC(=O)C1CCN(C)CC1. The Balaban J connectivity index is 2.25. The van der Waals surface area contributed by atoms with Gasteiger partial charge < -0.3 is 9.64 Å². The van der Waals surface area contributed by atoms with Gasteiger partial charge in [0.25, 0.3) is 0 Å². The molecule has 0 bridgehead atoms. The molecule has 0 N–H and O–H groups in total. The highest BCUT2D eigenvalue weighted by molar-refractivity contribution is 5.78. The van der Waals surface area contributed by atoms with Gasteiger partial charge in [-0.1, -0.05) is 129 Å². The van der Waals surface area contributed by atoms with E-state index in [1.165, 1.54) is 116 Å². The lowest BCUT2D eigenvalue weighted by atomic mass is 9.93. The third kappa shape index (κ3) is 24.6. The van der Waals surface area contributed by atoms with Crippen molar-refractivity contribution in [1.29, 1.82) is 0 Å². The van der Waals surface area contributed by atoms with Crippen LogP contribution in [0.2, 0.25) is 0 Å². The average molecular weight is 632 g/mol. The van der Waals surface area contributed by atoms with Crippen molar-refractivity contribution in [1.82, 2.24) is 4.90 Å². The molecule has 1 heterocycles. The zero-order valence-electron chi connectivity index (χ0n) is 30.8. The second kappa shape index (κ2) is 30.2.